The Morgan fingerprint density at radius 3 is 2.86 bits per heavy atom. The topological polar surface area (TPSA) is 60.7 Å². The molecule has 0 fully saturated rings. The zero-order valence-electron chi connectivity index (χ0n) is 11.8. The Kier molecular flexibility index (Phi) is 4.81. The smallest absolute Gasteiger partial charge is 0.374 e. The molecule has 0 aliphatic heterocycles. The van der Waals surface area contributed by atoms with E-state index >= 15 is 0 Å². The molecule has 0 spiro atoms. The molecule has 1 N–H and O–H groups in total. The average Bonchev–Trinajstić information content (AvgIpc) is 2.95. The fourth-order valence-corrected chi connectivity index (χ4v) is 1.83. The minimum Gasteiger partial charge on any atom is -0.491 e. The van der Waals surface area contributed by atoms with E-state index in [0.29, 0.717) is 24.4 Å². The third kappa shape index (κ3) is 3.53. The summed E-state index contributed by atoms with van der Waals surface area (Å²) in [6, 6.07) is 6.25. The summed E-state index contributed by atoms with van der Waals surface area (Å²) in [5, 5.41) is 3.01. The van der Waals surface area contributed by atoms with Crippen molar-refractivity contribution in [3.63, 3.8) is 0 Å². The molecule has 5 nitrogen and oxygen atoms in total. The fourth-order valence-electron chi connectivity index (χ4n) is 1.83. The number of halogens is 1. The molecule has 0 aliphatic rings. The summed E-state index contributed by atoms with van der Waals surface area (Å²) in [6.07, 6.45) is 1.40. The van der Waals surface area contributed by atoms with Gasteiger partial charge in [0.15, 0.2) is 11.6 Å². The number of benzene rings is 1. The number of ether oxygens (including phenoxy) is 2. The van der Waals surface area contributed by atoms with E-state index < -0.39 is 11.8 Å². The maximum atomic E-state index is 13.7. The Morgan fingerprint density at radius 2 is 2.19 bits per heavy atom. The molecule has 112 valence electrons. The molecular weight excluding hydrogens is 277 g/mol. The maximum absolute atomic E-state index is 13.7. The first kappa shape index (κ1) is 14.9. The molecule has 2 rings (SSSR count). The quantitative estimate of drug-likeness (QED) is 0.829. The zero-order valence-corrected chi connectivity index (χ0v) is 11.8. The molecule has 0 aliphatic carbocycles. The number of rotatable bonds is 6. The van der Waals surface area contributed by atoms with Gasteiger partial charge in [-0.3, -0.25) is 0 Å². The van der Waals surface area contributed by atoms with Crippen molar-refractivity contribution in [3.8, 4) is 5.75 Å². The van der Waals surface area contributed by atoms with Gasteiger partial charge in [0.25, 0.3) is 0 Å². The Labute approximate surface area is 121 Å². The minimum absolute atomic E-state index is 0.136. The number of anilines is 1. The lowest BCUT2D eigenvalue weighted by Crippen LogP contribution is -2.07. The summed E-state index contributed by atoms with van der Waals surface area (Å²) >= 11 is 0. The van der Waals surface area contributed by atoms with Crippen LogP contribution in [0.15, 0.2) is 34.9 Å². The lowest BCUT2D eigenvalue weighted by Gasteiger charge is -2.09. The second kappa shape index (κ2) is 6.78. The van der Waals surface area contributed by atoms with Gasteiger partial charge in [-0.25, -0.2) is 9.18 Å². The highest BCUT2D eigenvalue weighted by molar-refractivity contribution is 5.87. The van der Waals surface area contributed by atoms with Crippen molar-refractivity contribution in [3.05, 3.63) is 47.7 Å². The normalized spacial score (nSPS) is 10.2. The van der Waals surface area contributed by atoms with Crippen LogP contribution in [-0.2, 0) is 11.3 Å². The SMILES string of the molecule is CCOc1ccc(NCc2ccoc2C(=O)OC)cc1F. The summed E-state index contributed by atoms with van der Waals surface area (Å²) in [6.45, 7) is 2.51. The molecule has 1 aromatic carbocycles. The molecule has 0 saturated carbocycles. The van der Waals surface area contributed by atoms with Gasteiger partial charge in [0.1, 0.15) is 0 Å². The van der Waals surface area contributed by atoms with Crippen LogP contribution < -0.4 is 10.1 Å². The van der Waals surface area contributed by atoms with Crippen LogP contribution in [0.2, 0.25) is 0 Å². The molecule has 0 radical (unpaired) electrons. The van der Waals surface area contributed by atoms with Crippen molar-refractivity contribution in [2.24, 2.45) is 0 Å². The zero-order chi connectivity index (χ0) is 15.2. The maximum Gasteiger partial charge on any atom is 0.374 e. The van der Waals surface area contributed by atoms with Gasteiger partial charge in [0, 0.05) is 23.9 Å². The van der Waals surface area contributed by atoms with Gasteiger partial charge < -0.3 is 19.2 Å². The molecule has 21 heavy (non-hydrogen) atoms. The molecule has 1 aromatic heterocycles. The monoisotopic (exact) mass is 293 g/mol. The van der Waals surface area contributed by atoms with E-state index in [1.54, 1.807) is 25.1 Å². The second-order valence-electron chi connectivity index (χ2n) is 4.20. The molecule has 0 unspecified atom stereocenters. The number of hydrogen-bond acceptors (Lipinski definition) is 5. The van der Waals surface area contributed by atoms with E-state index in [0.717, 1.165) is 0 Å². The molecule has 1 heterocycles. The van der Waals surface area contributed by atoms with Crippen molar-refractivity contribution in [1.29, 1.82) is 0 Å². The number of esters is 1. The molecule has 6 heteroatoms. The van der Waals surface area contributed by atoms with Crippen LogP contribution in [0.3, 0.4) is 0 Å². The van der Waals surface area contributed by atoms with Crippen LogP contribution in [-0.4, -0.2) is 19.7 Å². The number of methoxy groups -OCH3 is 1. The molecular formula is C15H16FNO4. The first-order valence-corrected chi connectivity index (χ1v) is 6.46. The number of furan rings is 1. The fraction of sp³-hybridized carbons (Fsp3) is 0.267. The van der Waals surface area contributed by atoms with Crippen molar-refractivity contribution < 1.29 is 23.1 Å². The van der Waals surface area contributed by atoms with Crippen molar-refractivity contribution in [2.75, 3.05) is 19.0 Å². The van der Waals surface area contributed by atoms with Gasteiger partial charge >= 0.3 is 5.97 Å². The Hall–Kier alpha value is -2.50. The van der Waals surface area contributed by atoms with Gasteiger partial charge in [-0.05, 0) is 25.1 Å². The molecule has 0 bridgehead atoms. The highest BCUT2D eigenvalue weighted by atomic mass is 19.1. The highest BCUT2D eigenvalue weighted by Gasteiger charge is 2.15. The van der Waals surface area contributed by atoms with E-state index in [2.05, 4.69) is 10.1 Å². The van der Waals surface area contributed by atoms with Crippen LogP contribution in [0.5, 0.6) is 5.75 Å². The number of nitrogens with one attached hydrogen (secondary N) is 1. The largest absolute Gasteiger partial charge is 0.491 e. The summed E-state index contributed by atoms with van der Waals surface area (Å²) < 4.78 is 28.5. The van der Waals surface area contributed by atoms with Gasteiger partial charge in [0.2, 0.25) is 5.76 Å². The standard InChI is InChI=1S/C15H16FNO4/c1-3-20-13-5-4-11(8-12(13)16)17-9-10-6-7-21-14(10)15(18)19-2/h4-8,17H,3,9H2,1-2H3. The molecule has 0 amide bonds. The molecule has 2 aromatic rings. The van der Waals surface area contributed by atoms with Crippen LogP contribution in [0.4, 0.5) is 10.1 Å². The van der Waals surface area contributed by atoms with E-state index in [-0.39, 0.29) is 11.5 Å². The van der Waals surface area contributed by atoms with Crippen LogP contribution in [0, 0.1) is 5.82 Å². The number of carbonyl (C=O) groups excluding carboxylic acids is 1. The molecule has 0 atom stereocenters. The second-order valence-corrected chi connectivity index (χ2v) is 4.20. The van der Waals surface area contributed by atoms with E-state index in [1.165, 1.54) is 19.4 Å². The van der Waals surface area contributed by atoms with Crippen molar-refractivity contribution in [2.45, 2.75) is 13.5 Å². The number of hydrogen-bond donors (Lipinski definition) is 1. The predicted molar refractivity (Wildman–Crippen MR) is 74.9 cm³/mol. The van der Waals surface area contributed by atoms with Gasteiger partial charge in [-0.1, -0.05) is 0 Å². The first-order chi connectivity index (χ1) is 10.2. The summed E-state index contributed by atoms with van der Waals surface area (Å²) in [5.74, 6) is -0.644. The van der Waals surface area contributed by atoms with Crippen LogP contribution in [0.1, 0.15) is 23.0 Å². The third-order valence-electron chi connectivity index (χ3n) is 2.83. The summed E-state index contributed by atoms with van der Waals surface area (Å²) in [7, 11) is 1.28. The first-order valence-electron chi connectivity index (χ1n) is 6.46. The Bertz CT molecular complexity index is 624. The van der Waals surface area contributed by atoms with Crippen LogP contribution >= 0.6 is 0 Å². The Morgan fingerprint density at radius 1 is 1.38 bits per heavy atom. The Balaban J connectivity index is 2.05. The minimum atomic E-state index is -0.547. The summed E-state index contributed by atoms with van der Waals surface area (Å²) in [4.78, 5) is 11.5. The number of carbonyl (C=O) groups is 1. The summed E-state index contributed by atoms with van der Waals surface area (Å²) in [5.41, 5.74) is 1.21. The van der Waals surface area contributed by atoms with Crippen LogP contribution in [0.25, 0.3) is 0 Å². The van der Waals surface area contributed by atoms with Crippen molar-refractivity contribution >= 4 is 11.7 Å². The van der Waals surface area contributed by atoms with E-state index in [4.69, 9.17) is 9.15 Å². The lowest BCUT2D eigenvalue weighted by molar-refractivity contribution is 0.0563. The molecule has 0 saturated heterocycles. The van der Waals surface area contributed by atoms with Gasteiger partial charge in [-0.2, -0.15) is 0 Å². The lowest BCUT2D eigenvalue weighted by atomic mass is 10.2. The third-order valence-corrected chi connectivity index (χ3v) is 2.83. The van der Waals surface area contributed by atoms with Gasteiger partial charge in [-0.15, -0.1) is 0 Å². The predicted octanol–water partition coefficient (Wildman–Crippen LogP) is 3.22. The van der Waals surface area contributed by atoms with Crippen molar-refractivity contribution in [1.82, 2.24) is 0 Å². The van der Waals surface area contributed by atoms with E-state index in [9.17, 15) is 9.18 Å². The van der Waals surface area contributed by atoms with E-state index in [1.807, 2.05) is 0 Å². The average molecular weight is 293 g/mol. The highest BCUT2D eigenvalue weighted by Crippen LogP contribution is 2.22. The van der Waals surface area contributed by atoms with Gasteiger partial charge in [0.05, 0.1) is 20.0 Å².